The first-order valence-corrected chi connectivity index (χ1v) is 14.4. The number of amides is 2. The maximum Gasteiger partial charge on any atom is 0.270 e. The SMILES string of the molecule is CCn1c(=C(C#N)C(=O)NCC#N)sc(=CNc2cccc(NC(=O)CN3CCN(c4ccc(Cl)cc4)CC3)c2)c1=O. The molecular formula is C29H29ClN8O3S. The molecule has 1 saturated heterocycles. The Labute approximate surface area is 251 Å². The summed E-state index contributed by atoms with van der Waals surface area (Å²) in [6.45, 7) is 5.16. The van der Waals surface area contributed by atoms with E-state index in [0.29, 0.717) is 20.9 Å². The van der Waals surface area contributed by atoms with Gasteiger partial charge in [-0.25, -0.2) is 0 Å². The van der Waals surface area contributed by atoms with Crippen LogP contribution in [-0.2, 0) is 16.1 Å². The Bertz CT molecular complexity index is 1710. The minimum Gasteiger partial charge on any atom is -0.369 e. The summed E-state index contributed by atoms with van der Waals surface area (Å²) < 4.78 is 1.84. The Kier molecular flexibility index (Phi) is 10.3. The van der Waals surface area contributed by atoms with Crippen LogP contribution in [0.4, 0.5) is 17.1 Å². The largest absolute Gasteiger partial charge is 0.369 e. The lowest BCUT2D eigenvalue weighted by Gasteiger charge is -2.35. The quantitative estimate of drug-likeness (QED) is 0.312. The summed E-state index contributed by atoms with van der Waals surface area (Å²) in [5, 5.41) is 27.3. The van der Waals surface area contributed by atoms with E-state index in [9.17, 15) is 19.6 Å². The van der Waals surface area contributed by atoms with Crippen LogP contribution in [-0.4, -0.2) is 60.5 Å². The van der Waals surface area contributed by atoms with Gasteiger partial charge < -0.3 is 20.9 Å². The molecule has 216 valence electrons. The molecular weight excluding hydrogens is 576 g/mol. The van der Waals surface area contributed by atoms with E-state index in [0.717, 1.165) is 43.2 Å². The highest BCUT2D eigenvalue weighted by Crippen LogP contribution is 2.20. The molecule has 0 saturated carbocycles. The Morgan fingerprint density at radius 2 is 1.79 bits per heavy atom. The van der Waals surface area contributed by atoms with Gasteiger partial charge in [-0.2, -0.15) is 10.5 Å². The number of thiazole rings is 1. The molecule has 1 aliphatic rings. The van der Waals surface area contributed by atoms with Gasteiger partial charge in [0.2, 0.25) is 5.91 Å². The molecule has 2 heterocycles. The second kappa shape index (κ2) is 14.3. The summed E-state index contributed by atoms with van der Waals surface area (Å²) in [7, 11) is 0. The van der Waals surface area contributed by atoms with Crippen molar-refractivity contribution in [3.05, 3.63) is 73.1 Å². The summed E-state index contributed by atoms with van der Waals surface area (Å²) >= 11 is 6.99. The van der Waals surface area contributed by atoms with Crippen molar-refractivity contribution in [2.45, 2.75) is 13.5 Å². The van der Waals surface area contributed by atoms with E-state index >= 15 is 0 Å². The summed E-state index contributed by atoms with van der Waals surface area (Å²) in [4.78, 5) is 42.4. The van der Waals surface area contributed by atoms with Gasteiger partial charge in [-0.15, -0.1) is 11.3 Å². The van der Waals surface area contributed by atoms with Gasteiger partial charge in [0.1, 0.15) is 21.8 Å². The number of nitrogens with one attached hydrogen (secondary N) is 3. The zero-order chi connectivity index (χ0) is 30.1. The predicted octanol–water partition coefficient (Wildman–Crippen LogP) is 1.51. The summed E-state index contributed by atoms with van der Waals surface area (Å²) in [6.07, 6.45) is 1.51. The first kappa shape index (κ1) is 30.3. The first-order chi connectivity index (χ1) is 20.3. The third-order valence-electron chi connectivity index (χ3n) is 6.55. The highest BCUT2D eigenvalue weighted by atomic mass is 35.5. The highest BCUT2D eigenvalue weighted by Gasteiger charge is 2.19. The molecule has 0 aliphatic carbocycles. The molecule has 2 amide bonds. The van der Waals surface area contributed by atoms with E-state index in [1.165, 1.54) is 10.8 Å². The Balaban J connectivity index is 1.40. The smallest absolute Gasteiger partial charge is 0.270 e. The lowest BCUT2D eigenvalue weighted by atomic mass is 10.2. The molecule has 1 aliphatic heterocycles. The number of piperazine rings is 1. The summed E-state index contributed by atoms with van der Waals surface area (Å²) in [5.74, 6) is -0.840. The number of hydrogen-bond acceptors (Lipinski definition) is 9. The molecule has 11 nitrogen and oxygen atoms in total. The fourth-order valence-electron chi connectivity index (χ4n) is 4.45. The van der Waals surface area contributed by atoms with Gasteiger partial charge >= 0.3 is 0 Å². The second-order valence-electron chi connectivity index (χ2n) is 9.31. The number of carbonyl (C=O) groups excluding carboxylic acids is 2. The van der Waals surface area contributed by atoms with Crippen LogP contribution >= 0.6 is 22.9 Å². The monoisotopic (exact) mass is 604 g/mol. The van der Waals surface area contributed by atoms with E-state index in [4.69, 9.17) is 16.9 Å². The van der Waals surface area contributed by atoms with Crippen LogP contribution in [0.25, 0.3) is 11.8 Å². The van der Waals surface area contributed by atoms with Crippen molar-refractivity contribution in [1.82, 2.24) is 14.8 Å². The molecule has 0 unspecified atom stereocenters. The number of anilines is 3. The van der Waals surface area contributed by atoms with Crippen LogP contribution < -0.4 is 35.6 Å². The van der Waals surface area contributed by atoms with E-state index in [1.807, 2.05) is 30.3 Å². The summed E-state index contributed by atoms with van der Waals surface area (Å²) in [5.41, 5.74) is 1.77. The van der Waals surface area contributed by atoms with Crippen LogP contribution in [0.2, 0.25) is 5.02 Å². The number of rotatable bonds is 9. The van der Waals surface area contributed by atoms with Crippen molar-refractivity contribution in [1.29, 1.82) is 10.5 Å². The number of hydrogen-bond donors (Lipinski definition) is 3. The zero-order valence-corrected chi connectivity index (χ0v) is 24.5. The molecule has 13 heteroatoms. The Morgan fingerprint density at radius 3 is 2.45 bits per heavy atom. The molecule has 0 radical (unpaired) electrons. The average Bonchev–Trinajstić information content (AvgIpc) is 3.30. The lowest BCUT2D eigenvalue weighted by Crippen LogP contribution is -2.48. The minimum atomic E-state index is -0.714. The van der Waals surface area contributed by atoms with Crippen LogP contribution in [0, 0.1) is 22.7 Å². The van der Waals surface area contributed by atoms with Crippen molar-refractivity contribution < 1.29 is 9.59 Å². The van der Waals surface area contributed by atoms with Gasteiger partial charge in [-0.05, 0) is 49.4 Å². The number of benzene rings is 2. The standard InChI is InChI=1S/C29H29ClN8O3S/c1-2-38-28(41)25(42-29(38)24(17-32)27(40)33-11-10-31)18-34-21-4-3-5-22(16-21)35-26(39)19-36-12-14-37(15-13-36)23-8-6-20(30)7-9-23/h3-9,16,18,34H,2,11-15,19H2,1H3,(H,33,40)(H,35,39). The lowest BCUT2D eigenvalue weighted by molar-refractivity contribution is -0.117. The maximum absolute atomic E-state index is 12.9. The van der Waals surface area contributed by atoms with E-state index in [-0.39, 0.29) is 41.3 Å². The molecule has 1 aromatic heterocycles. The van der Waals surface area contributed by atoms with E-state index < -0.39 is 5.91 Å². The van der Waals surface area contributed by atoms with Gasteiger partial charge in [0.25, 0.3) is 11.5 Å². The third-order valence-corrected chi connectivity index (χ3v) is 7.93. The Hall–Kier alpha value is -4.62. The molecule has 0 spiro atoms. The molecule has 2 aromatic carbocycles. The van der Waals surface area contributed by atoms with E-state index in [1.54, 1.807) is 37.3 Å². The van der Waals surface area contributed by atoms with Crippen molar-refractivity contribution in [3.8, 4) is 12.1 Å². The average molecular weight is 605 g/mol. The van der Waals surface area contributed by atoms with Crippen molar-refractivity contribution in [3.63, 3.8) is 0 Å². The molecule has 0 bridgehead atoms. The molecule has 0 atom stereocenters. The fraction of sp³-hybridized carbons (Fsp3) is 0.276. The maximum atomic E-state index is 12.9. The van der Waals surface area contributed by atoms with Gasteiger partial charge in [-0.1, -0.05) is 17.7 Å². The number of carbonyl (C=O) groups is 2. The third kappa shape index (κ3) is 7.56. The van der Waals surface area contributed by atoms with Crippen molar-refractivity contribution in [2.24, 2.45) is 0 Å². The van der Waals surface area contributed by atoms with Crippen LogP contribution in [0.3, 0.4) is 0 Å². The van der Waals surface area contributed by atoms with Crippen LogP contribution in [0.15, 0.2) is 53.3 Å². The van der Waals surface area contributed by atoms with Gasteiger partial charge in [0.15, 0.2) is 5.57 Å². The number of nitriles is 2. The molecule has 3 aromatic rings. The minimum absolute atomic E-state index is 0.126. The van der Waals surface area contributed by atoms with Gasteiger partial charge in [0.05, 0.1) is 12.6 Å². The second-order valence-corrected chi connectivity index (χ2v) is 10.8. The molecule has 42 heavy (non-hydrogen) atoms. The number of aromatic nitrogens is 1. The topological polar surface area (TPSA) is 146 Å². The van der Waals surface area contributed by atoms with Crippen molar-refractivity contribution in [2.75, 3.05) is 54.8 Å². The normalized spacial score (nSPS) is 14.5. The molecule has 1 fully saturated rings. The van der Waals surface area contributed by atoms with E-state index in [2.05, 4.69) is 25.8 Å². The highest BCUT2D eigenvalue weighted by molar-refractivity contribution is 7.07. The van der Waals surface area contributed by atoms with Gasteiger partial charge in [0, 0.05) is 61.0 Å². The van der Waals surface area contributed by atoms with Gasteiger partial charge in [-0.3, -0.25) is 23.9 Å². The number of halogens is 1. The number of nitrogens with zero attached hydrogens (tertiary/aromatic N) is 5. The molecule has 4 rings (SSSR count). The summed E-state index contributed by atoms with van der Waals surface area (Å²) in [6, 6.07) is 18.5. The Morgan fingerprint density at radius 1 is 1.07 bits per heavy atom. The molecule has 3 N–H and O–H groups in total. The zero-order valence-electron chi connectivity index (χ0n) is 22.9. The van der Waals surface area contributed by atoms with Crippen LogP contribution in [0.5, 0.6) is 0 Å². The predicted molar refractivity (Wildman–Crippen MR) is 164 cm³/mol. The van der Waals surface area contributed by atoms with Crippen LogP contribution in [0.1, 0.15) is 6.92 Å². The first-order valence-electron chi connectivity index (χ1n) is 13.2. The fourth-order valence-corrected chi connectivity index (χ4v) is 5.66. The van der Waals surface area contributed by atoms with Crippen molar-refractivity contribution >= 4 is 63.6 Å².